The van der Waals surface area contributed by atoms with Crippen LogP contribution in [0.2, 0.25) is 0 Å². The monoisotopic (exact) mass is 215 g/mol. The molecule has 4 nitrogen and oxygen atoms in total. The number of benzene rings is 1. The van der Waals surface area contributed by atoms with E-state index in [1.807, 2.05) is 6.07 Å². The van der Waals surface area contributed by atoms with E-state index in [1.54, 1.807) is 0 Å². The summed E-state index contributed by atoms with van der Waals surface area (Å²) in [6.45, 7) is 0. The van der Waals surface area contributed by atoms with Crippen LogP contribution in [0.25, 0.3) is 0 Å². The zero-order valence-electron chi connectivity index (χ0n) is 9.90. The molecule has 0 aliphatic carbocycles. The summed E-state index contributed by atoms with van der Waals surface area (Å²) in [6.07, 6.45) is 0. The van der Waals surface area contributed by atoms with E-state index in [-0.39, 0.29) is 31.0 Å². The van der Waals surface area contributed by atoms with Crippen molar-refractivity contribution in [3.63, 3.8) is 0 Å². The molecule has 0 heterocycles. The Morgan fingerprint density at radius 1 is 1.47 bits per heavy atom. The molecular weight excluding hydrogens is 205 g/mol. The Bertz CT molecular complexity index is 404. The van der Waals surface area contributed by atoms with E-state index in [4.69, 9.17) is 10.00 Å². The third-order valence-corrected chi connectivity index (χ3v) is 1.74. The molecular formula is C10H10NNaO3. The number of nitriles is 1. The summed E-state index contributed by atoms with van der Waals surface area (Å²) in [6, 6.07) is 6.47. The van der Waals surface area contributed by atoms with Gasteiger partial charge in [-0.1, -0.05) is 0 Å². The van der Waals surface area contributed by atoms with Crippen LogP contribution in [-0.2, 0) is 4.74 Å². The molecule has 5 heteroatoms. The minimum absolute atomic E-state index is 0. The van der Waals surface area contributed by atoms with Gasteiger partial charge >= 0.3 is 35.5 Å². The van der Waals surface area contributed by atoms with Gasteiger partial charge in [-0.3, -0.25) is 0 Å². The first-order valence-electron chi connectivity index (χ1n) is 3.89. The largest absolute Gasteiger partial charge is 1.00 e. The van der Waals surface area contributed by atoms with Gasteiger partial charge in [0.05, 0.1) is 25.3 Å². The molecule has 0 aliphatic rings. The molecule has 0 N–H and O–H groups in total. The van der Waals surface area contributed by atoms with Crippen molar-refractivity contribution in [2.45, 2.75) is 0 Å². The van der Waals surface area contributed by atoms with Crippen LogP contribution < -0.4 is 34.3 Å². The third kappa shape index (κ3) is 3.24. The quantitative estimate of drug-likeness (QED) is 0.443. The molecule has 1 rings (SSSR count). The average molecular weight is 215 g/mol. The maximum Gasteiger partial charge on any atom is 1.00 e. The van der Waals surface area contributed by atoms with Crippen molar-refractivity contribution in [1.82, 2.24) is 0 Å². The molecule has 0 saturated heterocycles. The molecule has 15 heavy (non-hydrogen) atoms. The van der Waals surface area contributed by atoms with Crippen molar-refractivity contribution in [2.75, 3.05) is 14.2 Å². The van der Waals surface area contributed by atoms with Crippen molar-refractivity contribution < 1.29 is 45.3 Å². The molecule has 0 bridgehead atoms. The molecule has 74 valence electrons. The van der Waals surface area contributed by atoms with Gasteiger partial charge in [0.2, 0.25) is 0 Å². The van der Waals surface area contributed by atoms with Crippen LogP contribution in [0.15, 0.2) is 18.2 Å². The van der Waals surface area contributed by atoms with Crippen LogP contribution in [0.1, 0.15) is 17.3 Å². The summed E-state index contributed by atoms with van der Waals surface area (Å²) < 4.78 is 9.47. The van der Waals surface area contributed by atoms with Gasteiger partial charge in [-0.2, -0.15) is 5.26 Å². The fourth-order valence-corrected chi connectivity index (χ4v) is 1.03. The molecule has 0 unspecified atom stereocenters. The fraction of sp³-hybridized carbons (Fsp3) is 0.200. The average Bonchev–Trinajstić information content (AvgIpc) is 2.26. The number of carbonyl (C=O) groups excluding carboxylic acids is 1. The summed E-state index contributed by atoms with van der Waals surface area (Å²) in [7, 11) is 2.74. The predicted molar refractivity (Wildman–Crippen MR) is 50.2 cm³/mol. The topological polar surface area (TPSA) is 59.3 Å². The molecule has 0 saturated carbocycles. The second-order valence-electron chi connectivity index (χ2n) is 2.52. The minimum atomic E-state index is -0.451. The van der Waals surface area contributed by atoms with Gasteiger partial charge < -0.3 is 10.9 Å². The first kappa shape index (κ1) is 14.0. The molecule has 1 aromatic carbocycles. The minimum Gasteiger partial charge on any atom is -1.00 e. The van der Waals surface area contributed by atoms with Gasteiger partial charge in [0.1, 0.15) is 11.8 Å². The third-order valence-electron chi connectivity index (χ3n) is 1.74. The van der Waals surface area contributed by atoms with Gasteiger partial charge in [-0.15, -0.1) is 0 Å². The Hall–Kier alpha value is -1.02. The first-order chi connectivity index (χ1) is 6.72. The number of hydrogen-bond donors (Lipinski definition) is 0. The Morgan fingerprint density at radius 3 is 2.60 bits per heavy atom. The fourth-order valence-electron chi connectivity index (χ4n) is 1.03. The second-order valence-corrected chi connectivity index (χ2v) is 2.52. The Morgan fingerprint density at radius 2 is 2.13 bits per heavy atom. The number of nitrogens with zero attached hydrogens (tertiary/aromatic N) is 1. The van der Waals surface area contributed by atoms with Crippen LogP contribution in [-0.4, -0.2) is 20.2 Å². The molecule has 0 radical (unpaired) electrons. The molecule has 0 aromatic heterocycles. The van der Waals surface area contributed by atoms with Gasteiger partial charge in [0.15, 0.2) is 0 Å². The number of rotatable bonds is 2. The van der Waals surface area contributed by atoms with E-state index >= 15 is 0 Å². The van der Waals surface area contributed by atoms with Crippen molar-refractivity contribution in [2.24, 2.45) is 0 Å². The van der Waals surface area contributed by atoms with E-state index in [0.29, 0.717) is 16.9 Å². The molecule has 1 aromatic rings. The van der Waals surface area contributed by atoms with Crippen molar-refractivity contribution in [3.05, 3.63) is 29.3 Å². The normalized spacial score (nSPS) is 8.33. The number of esters is 1. The van der Waals surface area contributed by atoms with E-state index in [2.05, 4.69) is 4.74 Å². The van der Waals surface area contributed by atoms with Crippen LogP contribution >= 0.6 is 0 Å². The van der Waals surface area contributed by atoms with Gasteiger partial charge in [-0.25, -0.2) is 4.79 Å². The smallest absolute Gasteiger partial charge is 1.00 e. The Labute approximate surface area is 112 Å². The summed E-state index contributed by atoms with van der Waals surface area (Å²) in [5, 5.41) is 8.69. The van der Waals surface area contributed by atoms with E-state index in [9.17, 15) is 4.79 Å². The summed E-state index contributed by atoms with van der Waals surface area (Å²) >= 11 is 0. The van der Waals surface area contributed by atoms with Gasteiger partial charge in [0.25, 0.3) is 0 Å². The van der Waals surface area contributed by atoms with Crippen LogP contribution in [0.5, 0.6) is 5.75 Å². The van der Waals surface area contributed by atoms with Gasteiger partial charge in [-0.05, 0) is 18.2 Å². The predicted octanol–water partition coefficient (Wildman–Crippen LogP) is -1.53. The molecule has 0 amide bonds. The van der Waals surface area contributed by atoms with Crippen LogP contribution in [0.4, 0.5) is 0 Å². The SMILES string of the molecule is COC(=O)c1ccc(C#N)c(OC)c1.[H-].[Na+]. The van der Waals surface area contributed by atoms with Crippen LogP contribution in [0, 0.1) is 11.3 Å². The zero-order valence-corrected chi connectivity index (χ0v) is 10.9. The molecule has 0 atom stereocenters. The maximum atomic E-state index is 11.1. The number of carbonyl (C=O) groups is 1. The zero-order chi connectivity index (χ0) is 10.6. The standard InChI is InChI=1S/C10H9NO3.Na.H/c1-13-9-5-7(10(12)14-2)3-4-8(9)6-11;;/h3-5H,1-2H3;;/q;+1;-1. The molecule has 0 aliphatic heterocycles. The van der Waals surface area contributed by atoms with Crippen molar-refractivity contribution in [3.8, 4) is 11.8 Å². The van der Waals surface area contributed by atoms with Crippen LogP contribution in [0.3, 0.4) is 0 Å². The van der Waals surface area contributed by atoms with Gasteiger partial charge in [0, 0.05) is 0 Å². The number of ether oxygens (including phenoxy) is 2. The number of hydrogen-bond acceptors (Lipinski definition) is 4. The van der Waals surface area contributed by atoms with E-state index < -0.39 is 5.97 Å². The van der Waals surface area contributed by atoms with E-state index in [1.165, 1.54) is 32.4 Å². The molecule has 0 spiro atoms. The summed E-state index contributed by atoms with van der Waals surface area (Å²) in [5.41, 5.74) is 0.753. The maximum absolute atomic E-state index is 11.1. The Balaban J connectivity index is 0. The summed E-state index contributed by atoms with van der Waals surface area (Å²) in [5.74, 6) is -0.0804. The molecule has 0 fully saturated rings. The van der Waals surface area contributed by atoms with E-state index in [0.717, 1.165) is 0 Å². The first-order valence-corrected chi connectivity index (χ1v) is 3.89. The second kappa shape index (κ2) is 6.46. The summed E-state index contributed by atoms with van der Waals surface area (Å²) in [4.78, 5) is 11.1. The number of methoxy groups -OCH3 is 2. The Kier molecular flexibility index (Phi) is 6.02. The van der Waals surface area contributed by atoms with Crippen molar-refractivity contribution >= 4 is 5.97 Å². The van der Waals surface area contributed by atoms with Crippen molar-refractivity contribution in [1.29, 1.82) is 5.26 Å².